The molecule has 4 rings (SSSR count). The lowest BCUT2D eigenvalue weighted by molar-refractivity contribution is -0.189. The standard InChI is InChI=1S/C18H17F4N5O3/c1-2-11-14-12(7-10(19)8-13(14)29-16(28)18(20,21)22)27(25-11)17-24-15(30-26-17)9-3-5-23-6-4-9/h7-9,23H,2-6H2,1H3. The molecule has 3 heterocycles. The molecule has 0 radical (unpaired) electrons. The lowest BCUT2D eigenvalue weighted by Gasteiger charge is -2.18. The molecule has 1 fully saturated rings. The van der Waals surface area contributed by atoms with E-state index in [1.807, 2.05) is 0 Å². The Kier molecular flexibility index (Phi) is 5.18. The molecular weight excluding hydrogens is 410 g/mol. The molecule has 30 heavy (non-hydrogen) atoms. The summed E-state index contributed by atoms with van der Waals surface area (Å²) < 4.78 is 63.0. The third-order valence-corrected chi connectivity index (χ3v) is 4.86. The van der Waals surface area contributed by atoms with Gasteiger partial charge in [-0.25, -0.2) is 9.18 Å². The van der Waals surface area contributed by atoms with Crippen LogP contribution in [0.25, 0.3) is 16.9 Å². The van der Waals surface area contributed by atoms with Crippen LogP contribution in [0.4, 0.5) is 17.6 Å². The van der Waals surface area contributed by atoms with Gasteiger partial charge in [0.2, 0.25) is 5.89 Å². The van der Waals surface area contributed by atoms with E-state index < -0.39 is 23.7 Å². The number of hydrogen-bond donors (Lipinski definition) is 1. The number of aromatic nitrogens is 4. The van der Waals surface area contributed by atoms with Crippen LogP contribution in [0, 0.1) is 5.82 Å². The molecule has 1 aromatic carbocycles. The third kappa shape index (κ3) is 3.74. The van der Waals surface area contributed by atoms with Crippen molar-refractivity contribution in [2.24, 2.45) is 0 Å². The van der Waals surface area contributed by atoms with Crippen molar-refractivity contribution in [1.82, 2.24) is 25.2 Å². The van der Waals surface area contributed by atoms with Gasteiger partial charge in [-0.2, -0.15) is 27.9 Å². The Morgan fingerprint density at radius 1 is 1.33 bits per heavy atom. The number of halogens is 4. The summed E-state index contributed by atoms with van der Waals surface area (Å²) in [7, 11) is 0. The van der Waals surface area contributed by atoms with Crippen LogP contribution in [0.5, 0.6) is 5.75 Å². The number of alkyl halides is 3. The number of ether oxygens (including phenoxy) is 1. The van der Waals surface area contributed by atoms with E-state index in [0.29, 0.717) is 17.7 Å². The normalized spacial score (nSPS) is 15.6. The van der Waals surface area contributed by atoms with Gasteiger partial charge in [0.25, 0.3) is 5.95 Å². The fourth-order valence-corrected chi connectivity index (χ4v) is 3.44. The highest BCUT2D eigenvalue weighted by molar-refractivity contribution is 5.92. The summed E-state index contributed by atoms with van der Waals surface area (Å²) in [6, 6.07) is 1.78. The number of piperidine rings is 1. The van der Waals surface area contributed by atoms with Gasteiger partial charge in [0.05, 0.1) is 16.6 Å². The Balaban J connectivity index is 1.78. The summed E-state index contributed by atoms with van der Waals surface area (Å²) in [5.74, 6) is -3.42. The van der Waals surface area contributed by atoms with Gasteiger partial charge in [-0.3, -0.25) is 0 Å². The number of nitrogens with zero attached hydrogens (tertiary/aromatic N) is 4. The number of nitrogens with one attached hydrogen (secondary N) is 1. The molecule has 0 amide bonds. The molecule has 1 aliphatic rings. The highest BCUT2D eigenvalue weighted by Gasteiger charge is 2.42. The highest BCUT2D eigenvalue weighted by atomic mass is 19.4. The quantitative estimate of drug-likeness (QED) is 0.389. The summed E-state index contributed by atoms with van der Waals surface area (Å²) in [5.41, 5.74) is 0.359. The zero-order valence-corrected chi connectivity index (χ0v) is 15.8. The molecule has 12 heteroatoms. The van der Waals surface area contributed by atoms with Gasteiger partial charge in [0, 0.05) is 18.1 Å². The fourth-order valence-electron chi connectivity index (χ4n) is 3.44. The van der Waals surface area contributed by atoms with Gasteiger partial charge in [-0.05, 0) is 37.5 Å². The van der Waals surface area contributed by atoms with Crippen molar-refractivity contribution in [3.05, 3.63) is 29.5 Å². The highest BCUT2D eigenvalue weighted by Crippen LogP contribution is 2.34. The van der Waals surface area contributed by atoms with E-state index in [9.17, 15) is 22.4 Å². The first-order valence-corrected chi connectivity index (χ1v) is 9.32. The van der Waals surface area contributed by atoms with Crippen LogP contribution < -0.4 is 10.1 Å². The van der Waals surface area contributed by atoms with Crippen LogP contribution in [0.1, 0.15) is 37.3 Å². The van der Waals surface area contributed by atoms with Crippen LogP contribution in [-0.4, -0.2) is 45.2 Å². The second-order valence-corrected chi connectivity index (χ2v) is 6.85. The second kappa shape index (κ2) is 7.67. The van der Waals surface area contributed by atoms with Crippen LogP contribution in [0.2, 0.25) is 0 Å². The lowest BCUT2D eigenvalue weighted by Crippen LogP contribution is -2.28. The Morgan fingerprint density at radius 2 is 2.07 bits per heavy atom. The zero-order valence-electron chi connectivity index (χ0n) is 15.8. The minimum atomic E-state index is -5.22. The molecule has 1 N–H and O–H groups in total. The van der Waals surface area contributed by atoms with E-state index in [1.165, 1.54) is 4.68 Å². The summed E-state index contributed by atoms with van der Waals surface area (Å²) in [6.07, 6.45) is -3.31. The average molecular weight is 427 g/mol. The van der Waals surface area contributed by atoms with Gasteiger partial charge < -0.3 is 14.6 Å². The number of carbonyl (C=O) groups is 1. The topological polar surface area (TPSA) is 95.1 Å². The Morgan fingerprint density at radius 3 is 2.73 bits per heavy atom. The number of fused-ring (bicyclic) bond motifs is 1. The van der Waals surface area contributed by atoms with E-state index in [2.05, 4.69) is 25.3 Å². The van der Waals surface area contributed by atoms with Crippen molar-refractivity contribution in [2.75, 3.05) is 13.1 Å². The van der Waals surface area contributed by atoms with Crippen LogP contribution in [0.15, 0.2) is 16.7 Å². The van der Waals surface area contributed by atoms with Crippen molar-refractivity contribution in [2.45, 2.75) is 38.3 Å². The van der Waals surface area contributed by atoms with Crippen molar-refractivity contribution < 1.29 is 31.6 Å². The molecular formula is C18H17F4N5O3. The van der Waals surface area contributed by atoms with E-state index in [4.69, 9.17) is 4.52 Å². The van der Waals surface area contributed by atoms with Crippen molar-refractivity contribution >= 4 is 16.9 Å². The maximum absolute atomic E-state index is 14.2. The second-order valence-electron chi connectivity index (χ2n) is 6.85. The Hall–Kier alpha value is -3.02. The largest absolute Gasteiger partial charge is 0.491 e. The van der Waals surface area contributed by atoms with Gasteiger partial charge in [-0.15, -0.1) is 0 Å². The van der Waals surface area contributed by atoms with E-state index in [1.54, 1.807) is 6.92 Å². The van der Waals surface area contributed by atoms with Crippen LogP contribution >= 0.6 is 0 Å². The SMILES string of the molecule is CCc1nn(-c2noc(C3CCNCC3)n2)c2cc(F)cc(OC(=O)C(F)(F)F)c12. The number of benzene rings is 1. The minimum Gasteiger partial charge on any atom is -0.419 e. The lowest BCUT2D eigenvalue weighted by atomic mass is 9.98. The summed E-state index contributed by atoms with van der Waals surface area (Å²) in [6.45, 7) is 3.33. The van der Waals surface area contributed by atoms with Gasteiger partial charge >= 0.3 is 12.1 Å². The summed E-state index contributed by atoms with van der Waals surface area (Å²) in [5, 5.41) is 11.5. The number of carbonyl (C=O) groups excluding carboxylic acids is 1. The van der Waals surface area contributed by atoms with E-state index in [-0.39, 0.29) is 29.2 Å². The molecule has 0 unspecified atom stereocenters. The smallest absolute Gasteiger partial charge is 0.419 e. The molecule has 0 atom stereocenters. The molecule has 8 nitrogen and oxygen atoms in total. The molecule has 1 aliphatic heterocycles. The third-order valence-electron chi connectivity index (χ3n) is 4.86. The van der Waals surface area contributed by atoms with E-state index >= 15 is 0 Å². The van der Waals surface area contributed by atoms with Gasteiger partial charge in [0.1, 0.15) is 11.6 Å². The van der Waals surface area contributed by atoms with Crippen LogP contribution in [0.3, 0.4) is 0 Å². The van der Waals surface area contributed by atoms with Crippen LogP contribution in [-0.2, 0) is 11.2 Å². The van der Waals surface area contributed by atoms with Crippen molar-refractivity contribution in [1.29, 1.82) is 0 Å². The molecule has 1 saturated heterocycles. The van der Waals surface area contributed by atoms with Crippen molar-refractivity contribution in [3.8, 4) is 11.7 Å². The minimum absolute atomic E-state index is 0.0203. The molecule has 0 bridgehead atoms. The Bertz CT molecular complexity index is 1090. The maximum Gasteiger partial charge on any atom is 0.491 e. The molecule has 0 spiro atoms. The zero-order chi connectivity index (χ0) is 21.5. The fraction of sp³-hybridized carbons (Fsp3) is 0.444. The predicted molar refractivity (Wildman–Crippen MR) is 94.8 cm³/mol. The number of hydrogen-bond acceptors (Lipinski definition) is 7. The molecule has 2 aromatic heterocycles. The average Bonchev–Trinajstić information content (AvgIpc) is 3.32. The first-order valence-electron chi connectivity index (χ1n) is 9.32. The maximum atomic E-state index is 14.2. The number of aryl methyl sites for hydroxylation is 1. The predicted octanol–water partition coefficient (Wildman–Crippen LogP) is 3.04. The van der Waals surface area contributed by atoms with Gasteiger partial charge in [-0.1, -0.05) is 6.92 Å². The molecule has 0 saturated carbocycles. The summed E-state index contributed by atoms with van der Waals surface area (Å²) in [4.78, 5) is 15.6. The first kappa shape index (κ1) is 20.3. The molecule has 160 valence electrons. The summed E-state index contributed by atoms with van der Waals surface area (Å²) >= 11 is 0. The van der Waals surface area contributed by atoms with E-state index in [0.717, 1.165) is 32.0 Å². The molecule has 3 aromatic rings. The number of esters is 1. The Labute approximate surface area is 167 Å². The van der Waals surface area contributed by atoms with Crippen molar-refractivity contribution in [3.63, 3.8) is 0 Å². The monoisotopic (exact) mass is 427 g/mol. The molecule has 0 aliphatic carbocycles. The number of rotatable bonds is 4. The first-order chi connectivity index (χ1) is 14.3. The van der Waals surface area contributed by atoms with Gasteiger partial charge in [0.15, 0.2) is 0 Å².